The molecule has 0 spiro atoms. The van der Waals surface area contributed by atoms with Crippen LogP contribution in [0.1, 0.15) is 47.1 Å². The first-order chi connectivity index (χ1) is 12.9. The molecule has 0 aliphatic carbocycles. The Kier molecular flexibility index (Phi) is 8.95. The van der Waals surface area contributed by atoms with Crippen LogP contribution < -0.4 is 0 Å². The predicted molar refractivity (Wildman–Crippen MR) is 112 cm³/mol. The van der Waals surface area contributed by atoms with Crippen molar-refractivity contribution in [2.45, 2.75) is 59.1 Å². The van der Waals surface area contributed by atoms with Crippen LogP contribution >= 0.6 is 15.9 Å². The molecule has 1 atom stereocenters. The van der Waals surface area contributed by atoms with E-state index in [0.29, 0.717) is 0 Å². The molecule has 158 valence electrons. The third-order valence-electron chi connectivity index (χ3n) is 3.92. The fraction of sp³-hybridized carbons (Fsp3) is 0.619. The molecular formula is C21H32BrNO5. The zero-order valence-electron chi connectivity index (χ0n) is 17.9. The number of carbonyl (C=O) groups excluding carboxylic acids is 2. The van der Waals surface area contributed by atoms with Gasteiger partial charge in [-0.15, -0.1) is 0 Å². The van der Waals surface area contributed by atoms with E-state index in [2.05, 4.69) is 15.9 Å². The molecule has 0 fully saturated rings. The molecule has 1 rings (SSSR count). The van der Waals surface area contributed by atoms with E-state index in [1.807, 2.05) is 38.1 Å². The zero-order valence-corrected chi connectivity index (χ0v) is 19.5. The van der Waals surface area contributed by atoms with Crippen molar-refractivity contribution in [2.75, 3.05) is 20.4 Å². The summed E-state index contributed by atoms with van der Waals surface area (Å²) in [4.78, 5) is 27.3. The number of ether oxygens (including phenoxy) is 3. The number of benzene rings is 1. The molecule has 0 heterocycles. The maximum absolute atomic E-state index is 13.1. The highest BCUT2D eigenvalue weighted by Crippen LogP contribution is 2.26. The Morgan fingerprint density at radius 2 is 1.68 bits per heavy atom. The molecule has 6 nitrogen and oxygen atoms in total. The van der Waals surface area contributed by atoms with Crippen LogP contribution in [0.5, 0.6) is 0 Å². The Balaban J connectivity index is 3.28. The monoisotopic (exact) mass is 457 g/mol. The van der Waals surface area contributed by atoms with Crippen molar-refractivity contribution < 1.29 is 23.8 Å². The van der Waals surface area contributed by atoms with Gasteiger partial charge < -0.3 is 14.2 Å². The molecule has 1 aromatic carbocycles. The van der Waals surface area contributed by atoms with Crippen molar-refractivity contribution in [3.8, 4) is 0 Å². The molecule has 1 amide bonds. The van der Waals surface area contributed by atoms with E-state index in [1.165, 1.54) is 12.0 Å². The first-order valence-corrected chi connectivity index (χ1v) is 10.1. The standard InChI is InChI=1S/C21H32BrNO5/c1-15(2)13-27-18(24)21(6,12-16-8-10-17(22)11-9-16)23(14-26-7)19(25)28-20(3,4)5/h8-11,15H,12-14H2,1-7H3/t21-/m0/s1. The van der Waals surface area contributed by atoms with Crippen molar-refractivity contribution >= 4 is 28.0 Å². The van der Waals surface area contributed by atoms with Crippen LogP contribution in [0.25, 0.3) is 0 Å². The number of carbonyl (C=O) groups is 2. The van der Waals surface area contributed by atoms with Crippen LogP contribution in [-0.2, 0) is 25.4 Å². The van der Waals surface area contributed by atoms with Crippen LogP contribution in [-0.4, -0.2) is 48.5 Å². The summed E-state index contributed by atoms with van der Waals surface area (Å²) in [7, 11) is 1.47. The van der Waals surface area contributed by atoms with Crippen LogP contribution in [0, 0.1) is 5.92 Å². The summed E-state index contributed by atoms with van der Waals surface area (Å²) in [5, 5.41) is 0. The van der Waals surface area contributed by atoms with Crippen molar-refractivity contribution in [3.63, 3.8) is 0 Å². The number of esters is 1. The van der Waals surface area contributed by atoms with E-state index in [9.17, 15) is 9.59 Å². The van der Waals surface area contributed by atoms with Gasteiger partial charge in [0, 0.05) is 18.0 Å². The second-order valence-corrected chi connectivity index (χ2v) is 9.31. The van der Waals surface area contributed by atoms with Gasteiger partial charge in [-0.05, 0) is 51.3 Å². The van der Waals surface area contributed by atoms with Crippen LogP contribution in [0.3, 0.4) is 0 Å². The molecule has 0 N–H and O–H groups in total. The number of hydrogen-bond acceptors (Lipinski definition) is 5. The van der Waals surface area contributed by atoms with Gasteiger partial charge in [0.15, 0.2) is 0 Å². The molecule has 0 radical (unpaired) electrons. The van der Waals surface area contributed by atoms with Gasteiger partial charge in [-0.2, -0.15) is 0 Å². The minimum Gasteiger partial charge on any atom is -0.464 e. The number of methoxy groups -OCH3 is 1. The Morgan fingerprint density at radius 3 is 2.14 bits per heavy atom. The number of hydrogen-bond donors (Lipinski definition) is 0. The van der Waals surface area contributed by atoms with E-state index >= 15 is 0 Å². The summed E-state index contributed by atoms with van der Waals surface area (Å²) in [6.45, 7) is 11.1. The van der Waals surface area contributed by atoms with E-state index < -0.39 is 23.2 Å². The van der Waals surface area contributed by atoms with Gasteiger partial charge in [0.2, 0.25) is 0 Å². The summed E-state index contributed by atoms with van der Waals surface area (Å²) in [6, 6.07) is 7.59. The highest BCUT2D eigenvalue weighted by molar-refractivity contribution is 9.10. The predicted octanol–water partition coefficient (Wildman–Crippen LogP) is 4.79. The maximum atomic E-state index is 13.1. The first kappa shape index (κ1) is 24.4. The lowest BCUT2D eigenvalue weighted by Gasteiger charge is -2.39. The summed E-state index contributed by atoms with van der Waals surface area (Å²) in [5.74, 6) is -0.315. The summed E-state index contributed by atoms with van der Waals surface area (Å²) in [6.07, 6.45) is -0.366. The topological polar surface area (TPSA) is 65.1 Å². The van der Waals surface area contributed by atoms with Crippen molar-refractivity contribution in [1.29, 1.82) is 0 Å². The molecule has 0 aromatic heterocycles. The van der Waals surface area contributed by atoms with Gasteiger partial charge in [-0.25, -0.2) is 9.59 Å². The number of nitrogens with zero attached hydrogens (tertiary/aromatic N) is 1. The van der Waals surface area contributed by atoms with Crippen LogP contribution in [0.15, 0.2) is 28.7 Å². The maximum Gasteiger partial charge on any atom is 0.413 e. The normalized spacial score (nSPS) is 13.8. The van der Waals surface area contributed by atoms with Crippen LogP contribution in [0.4, 0.5) is 4.79 Å². The Hall–Kier alpha value is -1.60. The summed E-state index contributed by atoms with van der Waals surface area (Å²) < 4.78 is 17.2. The zero-order chi connectivity index (χ0) is 21.5. The van der Waals surface area contributed by atoms with Gasteiger partial charge in [-0.1, -0.05) is 41.9 Å². The Morgan fingerprint density at radius 1 is 1.11 bits per heavy atom. The molecule has 7 heteroatoms. The number of rotatable bonds is 8. The second-order valence-electron chi connectivity index (χ2n) is 8.40. The third kappa shape index (κ3) is 7.43. The molecule has 0 aliphatic rings. The number of halogens is 1. The van der Waals surface area contributed by atoms with Gasteiger partial charge in [0.25, 0.3) is 0 Å². The molecule has 0 saturated carbocycles. The molecule has 0 bridgehead atoms. The lowest BCUT2D eigenvalue weighted by Crippen LogP contribution is -2.58. The highest BCUT2D eigenvalue weighted by atomic mass is 79.9. The van der Waals surface area contributed by atoms with E-state index in [0.717, 1.165) is 10.0 Å². The van der Waals surface area contributed by atoms with E-state index in [1.54, 1.807) is 27.7 Å². The Bertz CT molecular complexity index is 654. The quantitative estimate of drug-likeness (QED) is 0.414. The van der Waals surface area contributed by atoms with Gasteiger partial charge in [-0.3, -0.25) is 4.90 Å². The molecule has 0 saturated heterocycles. The summed E-state index contributed by atoms with van der Waals surface area (Å²) in [5.41, 5.74) is -1.11. The minimum absolute atomic E-state index is 0.0985. The Labute approximate surface area is 176 Å². The molecule has 28 heavy (non-hydrogen) atoms. The average molecular weight is 458 g/mol. The molecule has 0 aliphatic heterocycles. The third-order valence-corrected chi connectivity index (χ3v) is 4.45. The first-order valence-electron chi connectivity index (χ1n) is 9.30. The average Bonchev–Trinajstić information content (AvgIpc) is 2.57. The molecule has 1 aromatic rings. The van der Waals surface area contributed by atoms with Crippen molar-refractivity contribution in [3.05, 3.63) is 34.3 Å². The second kappa shape index (κ2) is 10.3. The fourth-order valence-electron chi connectivity index (χ4n) is 2.52. The minimum atomic E-state index is -1.29. The van der Waals surface area contributed by atoms with Gasteiger partial charge in [0.1, 0.15) is 17.9 Å². The largest absolute Gasteiger partial charge is 0.464 e. The lowest BCUT2D eigenvalue weighted by molar-refractivity contribution is -0.161. The van der Waals surface area contributed by atoms with Crippen molar-refractivity contribution in [1.82, 2.24) is 4.90 Å². The smallest absolute Gasteiger partial charge is 0.413 e. The van der Waals surface area contributed by atoms with Crippen LogP contribution in [0.2, 0.25) is 0 Å². The van der Waals surface area contributed by atoms with E-state index in [4.69, 9.17) is 14.2 Å². The lowest BCUT2D eigenvalue weighted by atomic mass is 9.91. The SMILES string of the molecule is COCN(C(=O)OC(C)(C)C)[C@@](C)(Cc1ccc(Br)cc1)C(=O)OCC(C)C. The highest BCUT2D eigenvalue weighted by Gasteiger charge is 2.45. The molecular weight excluding hydrogens is 426 g/mol. The van der Waals surface area contributed by atoms with Gasteiger partial charge >= 0.3 is 12.1 Å². The van der Waals surface area contributed by atoms with Crippen molar-refractivity contribution in [2.24, 2.45) is 5.92 Å². The van der Waals surface area contributed by atoms with E-state index in [-0.39, 0.29) is 25.7 Å². The summed E-state index contributed by atoms with van der Waals surface area (Å²) >= 11 is 3.41. The molecule has 0 unspecified atom stereocenters. The fourth-order valence-corrected chi connectivity index (χ4v) is 2.78. The van der Waals surface area contributed by atoms with Gasteiger partial charge in [0.05, 0.1) is 6.61 Å². The number of amides is 1.